The Labute approximate surface area is 115 Å². The summed E-state index contributed by atoms with van der Waals surface area (Å²) in [7, 11) is 2.09. The van der Waals surface area contributed by atoms with E-state index in [1.807, 2.05) is 18.2 Å². The Morgan fingerprint density at radius 2 is 2.28 bits per heavy atom. The molecule has 3 nitrogen and oxygen atoms in total. The highest BCUT2D eigenvalue weighted by molar-refractivity contribution is 9.10. The van der Waals surface area contributed by atoms with E-state index in [-0.39, 0.29) is 11.4 Å². The number of nitrogens with zero attached hydrogens (tertiary/aromatic N) is 1. The van der Waals surface area contributed by atoms with E-state index in [0.717, 1.165) is 23.2 Å². The molecule has 4 heteroatoms. The summed E-state index contributed by atoms with van der Waals surface area (Å²) in [5, 5.41) is 0. The van der Waals surface area contributed by atoms with Crippen molar-refractivity contribution in [2.24, 2.45) is 0 Å². The van der Waals surface area contributed by atoms with Crippen molar-refractivity contribution in [1.82, 2.24) is 4.90 Å². The monoisotopic (exact) mass is 309 g/mol. The predicted molar refractivity (Wildman–Crippen MR) is 73.2 cm³/mol. The minimum Gasteiger partial charge on any atom is -0.485 e. The van der Waals surface area contributed by atoms with Crippen LogP contribution in [0.5, 0.6) is 5.75 Å². The Kier molecular flexibility index (Phi) is 2.75. The van der Waals surface area contributed by atoms with Gasteiger partial charge in [-0.2, -0.15) is 0 Å². The normalized spacial score (nSPS) is 31.5. The smallest absolute Gasteiger partial charge is 0.170 e. The minimum atomic E-state index is -0.320. The third-order valence-electron chi connectivity index (χ3n) is 4.01. The zero-order chi connectivity index (χ0) is 12.9. The fraction of sp³-hybridized carbons (Fsp3) is 0.500. The van der Waals surface area contributed by atoms with Crippen molar-refractivity contribution in [3.05, 3.63) is 28.2 Å². The Morgan fingerprint density at radius 1 is 1.50 bits per heavy atom. The molecule has 1 fully saturated rings. The molecule has 0 saturated carbocycles. The second-order valence-corrected chi connectivity index (χ2v) is 6.41. The maximum atomic E-state index is 12.3. The first-order valence-electron chi connectivity index (χ1n) is 6.21. The molecule has 0 bridgehead atoms. The molecule has 0 aromatic heterocycles. The maximum absolute atomic E-state index is 12.3. The molecule has 2 unspecified atom stereocenters. The van der Waals surface area contributed by atoms with Gasteiger partial charge in [-0.1, -0.05) is 15.9 Å². The molecule has 0 radical (unpaired) electrons. The van der Waals surface area contributed by atoms with Crippen LogP contribution in [0.25, 0.3) is 0 Å². The fourth-order valence-electron chi connectivity index (χ4n) is 3.04. The predicted octanol–water partition coefficient (Wildman–Crippen LogP) is 2.88. The molecular weight excluding hydrogens is 294 g/mol. The van der Waals surface area contributed by atoms with Crippen LogP contribution in [0.2, 0.25) is 0 Å². The van der Waals surface area contributed by atoms with Crippen molar-refractivity contribution < 1.29 is 9.53 Å². The van der Waals surface area contributed by atoms with Crippen LogP contribution < -0.4 is 4.74 Å². The quantitative estimate of drug-likeness (QED) is 0.738. The van der Waals surface area contributed by atoms with Crippen molar-refractivity contribution in [2.45, 2.75) is 31.4 Å². The third kappa shape index (κ3) is 1.88. The molecule has 18 heavy (non-hydrogen) atoms. The lowest BCUT2D eigenvalue weighted by Gasteiger charge is -2.34. The van der Waals surface area contributed by atoms with Crippen LogP contribution in [0, 0.1) is 0 Å². The SMILES string of the molecule is CC1CC2(CC(=O)c3ccc(Br)cc3O2)CN1C. The molecule has 96 valence electrons. The van der Waals surface area contributed by atoms with Gasteiger partial charge in [-0.3, -0.25) is 9.69 Å². The highest BCUT2D eigenvalue weighted by Gasteiger charge is 2.47. The summed E-state index contributed by atoms with van der Waals surface area (Å²) >= 11 is 3.43. The number of ketones is 1. The van der Waals surface area contributed by atoms with Gasteiger partial charge in [0.15, 0.2) is 5.78 Å². The average molecular weight is 310 g/mol. The van der Waals surface area contributed by atoms with E-state index in [2.05, 4.69) is 34.8 Å². The van der Waals surface area contributed by atoms with E-state index >= 15 is 0 Å². The Bertz CT molecular complexity index is 505. The van der Waals surface area contributed by atoms with E-state index in [0.29, 0.717) is 18.0 Å². The molecule has 2 aliphatic heterocycles. The number of likely N-dealkylation sites (N-methyl/N-ethyl adjacent to an activating group) is 1. The molecule has 1 aromatic rings. The number of hydrogen-bond acceptors (Lipinski definition) is 3. The fourth-order valence-corrected chi connectivity index (χ4v) is 3.38. The third-order valence-corrected chi connectivity index (χ3v) is 4.50. The van der Waals surface area contributed by atoms with E-state index < -0.39 is 0 Å². The second kappa shape index (κ2) is 4.07. The van der Waals surface area contributed by atoms with Crippen molar-refractivity contribution in [3.63, 3.8) is 0 Å². The van der Waals surface area contributed by atoms with E-state index in [1.165, 1.54) is 0 Å². The second-order valence-electron chi connectivity index (χ2n) is 5.49. The zero-order valence-corrected chi connectivity index (χ0v) is 12.2. The van der Waals surface area contributed by atoms with Gasteiger partial charge in [0, 0.05) is 23.5 Å². The van der Waals surface area contributed by atoms with Crippen molar-refractivity contribution in [2.75, 3.05) is 13.6 Å². The number of likely N-dealkylation sites (tertiary alicyclic amines) is 1. The molecule has 0 N–H and O–H groups in total. The summed E-state index contributed by atoms with van der Waals surface area (Å²) in [6, 6.07) is 6.10. The number of carbonyl (C=O) groups excluding carboxylic acids is 1. The van der Waals surface area contributed by atoms with Crippen LogP contribution in [0.1, 0.15) is 30.1 Å². The van der Waals surface area contributed by atoms with Gasteiger partial charge in [-0.25, -0.2) is 0 Å². The number of carbonyl (C=O) groups is 1. The van der Waals surface area contributed by atoms with Crippen LogP contribution in [-0.4, -0.2) is 35.9 Å². The highest BCUT2D eigenvalue weighted by Crippen LogP contribution is 2.41. The Balaban J connectivity index is 1.98. The van der Waals surface area contributed by atoms with Crippen molar-refractivity contribution >= 4 is 21.7 Å². The molecule has 1 saturated heterocycles. The number of ether oxygens (including phenoxy) is 1. The van der Waals surface area contributed by atoms with Crippen LogP contribution in [-0.2, 0) is 0 Å². The first-order valence-corrected chi connectivity index (χ1v) is 7.00. The lowest BCUT2D eigenvalue weighted by molar-refractivity contribution is 0.0474. The van der Waals surface area contributed by atoms with Crippen LogP contribution in [0.4, 0.5) is 0 Å². The van der Waals surface area contributed by atoms with E-state index in [9.17, 15) is 4.79 Å². The largest absolute Gasteiger partial charge is 0.485 e. The summed E-state index contributed by atoms with van der Waals surface area (Å²) < 4.78 is 7.13. The van der Waals surface area contributed by atoms with Gasteiger partial charge >= 0.3 is 0 Å². The van der Waals surface area contributed by atoms with Gasteiger partial charge in [0.05, 0.1) is 12.0 Å². The number of hydrogen-bond donors (Lipinski definition) is 0. The van der Waals surface area contributed by atoms with Gasteiger partial charge in [0.25, 0.3) is 0 Å². The standard InChI is InChI=1S/C14H16BrNO2/c1-9-6-14(8-16(9)2)7-12(17)11-4-3-10(15)5-13(11)18-14/h3-5,9H,6-8H2,1-2H3. The molecule has 3 rings (SSSR count). The number of Topliss-reactive ketones (excluding diaryl/α,β-unsaturated/α-hetero) is 1. The van der Waals surface area contributed by atoms with E-state index in [1.54, 1.807) is 0 Å². The van der Waals surface area contributed by atoms with Gasteiger partial charge in [-0.15, -0.1) is 0 Å². The molecule has 2 atom stereocenters. The summed E-state index contributed by atoms with van der Waals surface area (Å²) in [4.78, 5) is 14.5. The highest BCUT2D eigenvalue weighted by atomic mass is 79.9. The Morgan fingerprint density at radius 3 is 2.94 bits per heavy atom. The number of halogens is 1. The first-order chi connectivity index (χ1) is 8.49. The van der Waals surface area contributed by atoms with Crippen LogP contribution in [0.3, 0.4) is 0 Å². The number of rotatable bonds is 0. The van der Waals surface area contributed by atoms with Crippen LogP contribution >= 0.6 is 15.9 Å². The molecule has 0 aliphatic carbocycles. The molecule has 0 amide bonds. The number of benzene rings is 1. The Hall–Kier alpha value is -0.870. The lowest BCUT2D eigenvalue weighted by atomic mass is 9.88. The average Bonchev–Trinajstić information content (AvgIpc) is 2.52. The minimum absolute atomic E-state index is 0.200. The lowest BCUT2D eigenvalue weighted by Crippen LogP contribution is -2.44. The first kappa shape index (κ1) is 12.2. The van der Waals surface area contributed by atoms with Gasteiger partial charge in [0.2, 0.25) is 0 Å². The van der Waals surface area contributed by atoms with Gasteiger partial charge in [0.1, 0.15) is 11.4 Å². The van der Waals surface area contributed by atoms with Gasteiger partial charge < -0.3 is 4.74 Å². The summed E-state index contributed by atoms with van der Waals surface area (Å²) in [6.45, 7) is 3.00. The zero-order valence-electron chi connectivity index (χ0n) is 10.6. The summed E-state index contributed by atoms with van der Waals surface area (Å²) in [5.74, 6) is 0.925. The molecule has 2 aliphatic rings. The molecule has 1 spiro atoms. The number of fused-ring (bicyclic) bond motifs is 1. The molecule has 2 heterocycles. The summed E-state index contributed by atoms with van der Waals surface area (Å²) in [5.41, 5.74) is 0.394. The van der Waals surface area contributed by atoms with Crippen molar-refractivity contribution in [3.8, 4) is 5.75 Å². The van der Waals surface area contributed by atoms with Crippen molar-refractivity contribution in [1.29, 1.82) is 0 Å². The van der Waals surface area contributed by atoms with Crippen LogP contribution in [0.15, 0.2) is 22.7 Å². The maximum Gasteiger partial charge on any atom is 0.170 e. The molecule has 1 aromatic carbocycles. The summed E-state index contributed by atoms with van der Waals surface area (Å²) in [6.07, 6.45) is 1.41. The van der Waals surface area contributed by atoms with Gasteiger partial charge in [-0.05, 0) is 32.2 Å². The topological polar surface area (TPSA) is 29.5 Å². The van der Waals surface area contributed by atoms with E-state index in [4.69, 9.17) is 4.74 Å². The molecular formula is C14H16BrNO2.